The van der Waals surface area contributed by atoms with Crippen molar-refractivity contribution in [2.24, 2.45) is 5.41 Å². The van der Waals surface area contributed by atoms with Crippen LogP contribution in [0.1, 0.15) is 26.2 Å². The van der Waals surface area contributed by atoms with Crippen LogP contribution in [0.3, 0.4) is 0 Å². The van der Waals surface area contributed by atoms with Gasteiger partial charge in [0.05, 0.1) is 5.33 Å². The van der Waals surface area contributed by atoms with E-state index in [9.17, 15) is 27.2 Å². The van der Waals surface area contributed by atoms with E-state index in [1.807, 2.05) is 5.32 Å². The highest BCUT2D eigenvalue weighted by atomic mass is 79.9. The van der Waals surface area contributed by atoms with Crippen LogP contribution in [0.5, 0.6) is 0 Å². The minimum Gasteiger partial charge on any atom is -0.347 e. The molecule has 0 aromatic heterocycles. The lowest BCUT2D eigenvalue weighted by atomic mass is 9.81. The van der Waals surface area contributed by atoms with Crippen LogP contribution in [0.15, 0.2) is 0 Å². The van der Waals surface area contributed by atoms with Gasteiger partial charge in [0.25, 0.3) is 5.91 Å². The Hall–Kier alpha value is -0.660. The van der Waals surface area contributed by atoms with Crippen molar-refractivity contribution < 1.29 is 27.2 Å². The average Bonchev–Trinajstić information content (AvgIpc) is 2.70. The minimum absolute atomic E-state index is 0.0289. The van der Waals surface area contributed by atoms with Gasteiger partial charge in [0.15, 0.2) is 5.78 Å². The molecule has 1 aliphatic rings. The van der Waals surface area contributed by atoms with Crippen molar-refractivity contribution in [1.29, 1.82) is 0 Å². The predicted octanol–water partition coefficient (Wildman–Crippen LogP) is 2.53. The molecule has 0 aromatic carbocycles. The van der Waals surface area contributed by atoms with E-state index < -0.39 is 29.7 Å². The molecule has 0 spiro atoms. The number of Topliss-reactive ketones (excluding diaryl/α,β-unsaturated/α-hetero) is 1. The van der Waals surface area contributed by atoms with Crippen LogP contribution in [0.25, 0.3) is 0 Å². The maximum absolute atomic E-state index is 12.9. The van der Waals surface area contributed by atoms with Gasteiger partial charge in [0.2, 0.25) is 0 Å². The molecular weight excluding hydrogens is 334 g/mol. The maximum atomic E-state index is 12.9. The summed E-state index contributed by atoms with van der Waals surface area (Å²) in [6, 6.07) is -0.838. The fourth-order valence-electron chi connectivity index (χ4n) is 2.24. The molecule has 0 heterocycles. The van der Waals surface area contributed by atoms with E-state index in [0.717, 1.165) is 0 Å². The Labute approximate surface area is 116 Å². The monoisotopic (exact) mass is 347 g/mol. The first-order valence-electron chi connectivity index (χ1n) is 5.72. The van der Waals surface area contributed by atoms with Crippen LogP contribution < -0.4 is 5.32 Å². The zero-order valence-electron chi connectivity index (χ0n) is 10.2. The summed E-state index contributed by atoms with van der Waals surface area (Å²) in [5.41, 5.74) is -0.989. The summed E-state index contributed by atoms with van der Waals surface area (Å²) in [7, 11) is 0. The molecule has 2 atom stereocenters. The number of rotatable bonds is 5. The number of alkyl halides is 5. The van der Waals surface area contributed by atoms with E-state index >= 15 is 0 Å². The maximum Gasteiger partial charge on any atom is 0.383 e. The van der Waals surface area contributed by atoms with Crippen molar-refractivity contribution >= 4 is 27.6 Å². The van der Waals surface area contributed by atoms with Gasteiger partial charge in [-0.25, -0.2) is 8.78 Å². The summed E-state index contributed by atoms with van der Waals surface area (Å²) < 4.78 is 49.9. The van der Waals surface area contributed by atoms with Gasteiger partial charge in [-0.1, -0.05) is 29.3 Å². The third kappa shape index (κ3) is 3.09. The third-order valence-electron chi connectivity index (χ3n) is 3.60. The average molecular weight is 348 g/mol. The summed E-state index contributed by atoms with van der Waals surface area (Å²) in [6.45, 7) is 1.55. The number of carbonyl (C=O) groups is 2. The summed E-state index contributed by atoms with van der Waals surface area (Å²) >= 11 is 2.99. The van der Waals surface area contributed by atoms with Crippen LogP contribution in [0.4, 0.5) is 17.6 Å². The van der Waals surface area contributed by atoms with E-state index in [-0.39, 0.29) is 11.1 Å². The fourth-order valence-corrected chi connectivity index (χ4v) is 2.88. The summed E-state index contributed by atoms with van der Waals surface area (Å²) in [6.07, 6.45) is -2.74. The number of amides is 1. The summed E-state index contributed by atoms with van der Waals surface area (Å²) in [5.74, 6) is -7.00. The topological polar surface area (TPSA) is 46.2 Å². The van der Waals surface area contributed by atoms with Gasteiger partial charge in [0, 0.05) is 11.5 Å². The second-order valence-electron chi connectivity index (χ2n) is 4.82. The van der Waals surface area contributed by atoms with Crippen LogP contribution in [-0.2, 0) is 9.59 Å². The van der Waals surface area contributed by atoms with Crippen molar-refractivity contribution in [3.63, 3.8) is 0 Å². The molecule has 1 aliphatic carbocycles. The van der Waals surface area contributed by atoms with Crippen molar-refractivity contribution in [3.05, 3.63) is 0 Å². The van der Waals surface area contributed by atoms with Crippen LogP contribution in [0, 0.1) is 5.41 Å². The number of halogens is 5. The largest absolute Gasteiger partial charge is 0.383 e. The van der Waals surface area contributed by atoms with Crippen LogP contribution >= 0.6 is 15.9 Å². The summed E-state index contributed by atoms with van der Waals surface area (Å²) in [5, 5.41) is 1.92. The summed E-state index contributed by atoms with van der Waals surface area (Å²) in [4.78, 5) is 23.0. The minimum atomic E-state index is -4.74. The number of nitrogens with one attached hydrogen (secondary N) is 1. The molecule has 0 saturated heterocycles. The van der Waals surface area contributed by atoms with Gasteiger partial charge < -0.3 is 5.32 Å². The molecule has 8 heteroatoms. The smallest absolute Gasteiger partial charge is 0.347 e. The molecule has 1 N–H and O–H groups in total. The molecule has 3 nitrogen and oxygen atoms in total. The predicted molar refractivity (Wildman–Crippen MR) is 63.6 cm³/mol. The first kappa shape index (κ1) is 16.4. The van der Waals surface area contributed by atoms with Gasteiger partial charge in [0.1, 0.15) is 0 Å². The molecule has 19 heavy (non-hydrogen) atoms. The lowest BCUT2D eigenvalue weighted by Crippen LogP contribution is -2.54. The van der Waals surface area contributed by atoms with Crippen molar-refractivity contribution in [2.75, 3.05) is 5.33 Å². The van der Waals surface area contributed by atoms with Crippen LogP contribution in [0.2, 0.25) is 0 Å². The van der Waals surface area contributed by atoms with Gasteiger partial charge in [-0.05, 0) is 12.8 Å². The zero-order chi connectivity index (χ0) is 14.8. The highest BCUT2D eigenvalue weighted by Gasteiger charge is 2.52. The van der Waals surface area contributed by atoms with Gasteiger partial charge in [-0.2, -0.15) is 8.78 Å². The SMILES string of the molecule is CC1(C(=O)CBr)CCCC1NC(=O)C(F)(F)C(F)F. The number of hydrogen-bond donors (Lipinski definition) is 1. The number of hydrogen-bond acceptors (Lipinski definition) is 2. The molecule has 1 amide bonds. The molecule has 0 radical (unpaired) electrons. The van der Waals surface area contributed by atoms with E-state index in [0.29, 0.717) is 19.3 Å². The number of ketones is 1. The Morgan fingerprint density at radius 1 is 1.47 bits per heavy atom. The standard InChI is InChI=1S/C11H14BrF4NO2/c1-10(7(18)5-12)4-2-3-6(10)17-9(19)11(15,16)8(13)14/h6,8H,2-5H2,1H3,(H,17,19). The number of carbonyl (C=O) groups excluding carboxylic acids is 2. The lowest BCUT2D eigenvalue weighted by Gasteiger charge is -2.31. The molecule has 1 fully saturated rings. The highest BCUT2D eigenvalue weighted by Crippen LogP contribution is 2.39. The van der Waals surface area contributed by atoms with Crippen molar-refractivity contribution in [3.8, 4) is 0 Å². The van der Waals surface area contributed by atoms with E-state index in [2.05, 4.69) is 15.9 Å². The molecule has 0 aromatic rings. The Morgan fingerprint density at radius 2 is 2.05 bits per heavy atom. The van der Waals surface area contributed by atoms with Crippen molar-refractivity contribution in [1.82, 2.24) is 5.32 Å². The third-order valence-corrected chi connectivity index (χ3v) is 4.11. The Balaban J connectivity index is 2.82. The van der Waals surface area contributed by atoms with E-state index in [4.69, 9.17) is 0 Å². The van der Waals surface area contributed by atoms with Gasteiger partial charge in [-0.3, -0.25) is 9.59 Å². The second kappa shape index (κ2) is 5.76. The Kier molecular flexibility index (Phi) is 4.97. The second-order valence-corrected chi connectivity index (χ2v) is 5.38. The van der Waals surface area contributed by atoms with Gasteiger partial charge in [-0.15, -0.1) is 0 Å². The fraction of sp³-hybridized carbons (Fsp3) is 0.818. The molecule has 0 bridgehead atoms. The molecule has 2 unspecified atom stereocenters. The first-order chi connectivity index (χ1) is 8.66. The zero-order valence-corrected chi connectivity index (χ0v) is 11.8. The molecular formula is C11H14BrF4NO2. The lowest BCUT2D eigenvalue weighted by molar-refractivity contribution is -0.170. The molecule has 1 rings (SSSR count). The Bertz CT molecular complexity index is 378. The molecule has 0 aliphatic heterocycles. The molecule has 110 valence electrons. The normalized spacial score (nSPS) is 27.6. The van der Waals surface area contributed by atoms with Gasteiger partial charge >= 0.3 is 12.3 Å². The highest BCUT2D eigenvalue weighted by molar-refractivity contribution is 9.09. The van der Waals surface area contributed by atoms with E-state index in [1.165, 1.54) is 0 Å². The van der Waals surface area contributed by atoms with Crippen molar-refractivity contribution in [2.45, 2.75) is 44.6 Å². The quantitative estimate of drug-likeness (QED) is 0.613. The first-order valence-corrected chi connectivity index (χ1v) is 6.84. The molecule has 1 saturated carbocycles. The van der Waals surface area contributed by atoms with Crippen LogP contribution in [-0.4, -0.2) is 35.4 Å². The Morgan fingerprint density at radius 3 is 2.53 bits per heavy atom. The van der Waals surface area contributed by atoms with E-state index in [1.54, 1.807) is 6.92 Å².